The van der Waals surface area contributed by atoms with Gasteiger partial charge in [0.2, 0.25) is 0 Å². The number of nitrogens with one attached hydrogen (secondary N) is 2. The molecule has 0 bridgehead atoms. The van der Waals surface area contributed by atoms with Crippen LogP contribution >= 0.6 is 0 Å². The minimum Gasteiger partial charge on any atom is -0.481 e. The summed E-state index contributed by atoms with van der Waals surface area (Å²) in [6, 6.07) is -0.246. The Hall–Kier alpha value is -1.30. The van der Waals surface area contributed by atoms with E-state index >= 15 is 0 Å². The summed E-state index contributed by atoms with van der Waals surface area (Å²) in [4.78, 5) is 21.9. The summed E-state index contributed by atoms with van der Waals surface area (Å²) in [5.74, 6) is -0.893. The zero-order valence-corrected chi connectivity index (χ0v) is 10.2. The Morgan fingerprint density at radius 2 is 1.94 bits per heavy atom. The first kappa shape index (κ1) is 13.8. The molecule has 17 heavy (non-hydrogen) atoms. The summed E-state index contributed by atoms with van der Waals surface area (Å²) in [6.45, 7) is 3.96. The van der Waals surface area contributed by atoms with Crippen molar-refractivity contribution in [3.8, 4) is 0 Å². The molecule has 0 spiro atoms. The second kappa shape index (κ2) is 7.11. The Morgan fingerprint density at radius 3 is 2.53 bits per heavy atom. The highest BCUT2D eigenvalue weighted by molar-refractivity contribution is 5.73. The number of urea groups is 1. The maximum Gasteiger partial charge on any atom is 0.329 e. The van der Waals surface area contributed by atoms with Crippen molar-refractivity contribution in [3.63, 3.8) is 0 Å². The van der Waals surface area contributed by atoms with Crippen LogP contribution in [0.1, 0.15) is 32.6 Å². The van der Waals surface area contributed by atoms with Gasteiger partial charge in [-0.05, 0) is 18.8 Å². The number of carbonyl (C=O) groups excluding carboxylic acids is 1. The van der Waals surface area contributed by atoms with E-state index in [0.717, 1.165) is 25.9 Å². The Morgan fingerprint density at radius 1 is 1.29 bits per heavy atom. The zero-order valence-electron chi connectivity index (χ0n) is 10.2. The number of hydrogen-bond donors (Lipinski definition) is 3. The maximum atomic E-state index is 11.5. The van der Waals surface area contributed by atoms with Crippen molar-refractivity contribution in [1.82, 2.24) is 15.8 Å². The average Bonchev–Trinajstić information content (AvgIpc) is 2.27. The Kier molecular flexibility index (Phi) is 5.76. The first-order chi connectivity index (χ1) is 8.08. The fourth-order valence-electron chi connectivity index (χ4n) is 1.83. The number of hydrazine groups is 1. The number of aliphatic carboxylic acids is 1. The van der Waals surface area contributed by atoms with Gasteiger partial charge in [-0.3, -0.25) is 10.2 Å². The van der Waals surface area contributed by atoms with Gasteiger partial charge in [-0.2, -0.15) is 0 Å². The van der Waals surface area contributed by atoms with Gasteiger partial charge in [0, 0.05) is 26.1 Å². The molecule has 0 aromatic carbocycles. The van der Waals surface area contributed by atoms with E-state index in [2.05, 4.69) is 10.7 Å². The molecule has 0 aromatic heterocycles. The summed E-state index contributed by atoms with van der Waals surface area (Å²) in [5.41, 5.74) is 2.76. The van der Waals surface area contributed by atoms with E-state index < -0.39 is 5.97 Å². The fourth-order valence-corrected chi connectivity index (χ4v) is 1.83. The fraction of sp³-hybridized carbons (Fsp3) is 0.818. The van der Waals surface area contributed by atoms with Crippen molar-refractivity contribution >= 4 is 12.0 Å². The van der Waals surface area contributed by atoms with Crippen LogP contribution in [-0.4, -0.2) is 41.8 Å². The second-order valence-corrected chi connectivity index (χ2v) is 4.57. The molecule has 1 aliphatic rings. The van der Waals surface area contributed by atoms with E-state index in [1.807, 2.05) is 5.01 Å². The number of nitrogens with zero attached hydrogens (tertiary/aromatic N) is 1. The molecular weight excluding hydrogens is 222 g/mol. The summed E-state index contributed by atoms with van der Waals surface area (Å²) in [7, 11) is 0. The standard InChI is InChI=1S/C11H21N3O3/c1-9(7-10(15)16)8-12-11(17)13-14-5-3-2-4-6-14/h9H,2-8H2,1H3,(H,15,16)(H2,12,13,17). The molecule has 1 saturated heterocycles. The van der Waals surface area contributed by atoms with Gasteiger partial charge in [0.05, 0.1) is 0 Å². The van der Waals surface area contributed by atoms with Crippen molar-refractivity contribution in [2.45, 2.75) is 32.6 Å². The van der Waals surface area contributed by atoms with Crippen LogP contribution < -0.4 is 10.7 Å². The first-order valence-corrected chi connectivity index (χ1v) is 6.09. The van der Waals surface area contributed by atoms with E-state index in [0.29, 0.717) is 6.54 Å². The van der Waals surface area contributed by atoms with Crippen molar-refractivity contribution in [3.05, 3.63) is 0 Å². The maximum absolute atomic E-state index is 11.5. The molecule has 3 N–H and O–H groups in total. The summed E-state index contributed by atoms with van der Waals surface area (Å²) in [5, 5.41) is 13.2. The average molecular weight is 243 g/mol. The summed E-state index contributed by atoms with van der Waals surface area (Å²) in [6.07, 6.45) is 3.50. The van der Waals surface area contributed by atoms with Crippen LogP contribution in [0.25, 0.3) is 0 Å². The monoisotopic (exact) mass is 243 g/mol. The largest absolute Gasteiger partial charge is 0.481 e. The normalized spacial score (nSPS) is 18.4. The van der Waals surface area contributed by atoms with Gasteiger partial charge >= 0.3 is 12.0 Å². The smallest absolute Gasteiger partial charge is 0.329 e. The molecule has 2 amide bonds. The quantitative estimate of drug-likeness (QED) is 0.667. The van der Waals surface area contributed by atoms with Gasteiger partial charge in [0.1, 0.15) is 0 Å². The molecule has 1 unspecified atom stereocenters. The molecule has 6 heteroatoms. The van der Waals surface area contributed by atoms with Gasteiger partial charge in [0.15, 0.2) is 0 Å². The molecule has 6 nitrogen and oxygen atoms in total. The molecule has 1 heterocycles. The van der Waals surface area contributed by atoms with Crippen LogP contribution in [0.3, 0.4) is 0 Å². The number of rotatable bonds is 5. The van der Waals surface area contributed by atoms with Gasteiger partial charge in [-0.15, -0.1) is 0 Å². The topological polar surface area (TPSA) is 81.7 Å². The molecule has 0 aliphatic carbocycles. The molecule has 0 radical (unpaired) electrons. The molecule has 1 fully saturated rings. The van der Waals surface area contributed by atoms with Gasteiger partial charge in [-0.25, -0.2) is 9.80 Å². The minimum atomic E-state index is -0.837. The predicted octanol–water partition coefficient (Wildman–Crippen LogP) is 0.797. The van der Waals surface area contributed by atoms with E-state index in [9.17, 15) is 9.59 Å². The van der Waals surface area contributed by atoms with Crippen LogP contribution in [0, 0.1) is 5.92 Å². The molecule has 1 atom stereocenters. The third-order valence-electron chi connectivity index (χ3n) is 2.75. The van der Waals surface area contributed by atoms with Gasteiger partial charge in [0.25, 0.3) is 0 Å². The van der Waals surface area contributed by atoms with Crippen LogP contribution in [0.15, 0.2) is 0 Å². The third-order valence-corrected chi connectivity index (χ3v) is 2.75. The molecular formula is C11H21N3O3. The van der Waals surface area contributed by atoms with Crippen molar-refractivity contribution in [2.24, 2.45) is 5.92 Å². The van der Waals surface area contributed by atoms with Crippen molar-refractivity contribution in [2.75, 3.05) is 19.6 Å². The van der Waals surface area contributed by atoms with Crippen LogP contribution in [0.2, 0.25) is 0 Å². The van der Waals surface area contributed by atoms with Crippen LogP contribution in [0.4, 0.5) is 4.79 Å². The van der Waals surface area contributed by atoms with Gasteiger partial charge < -0.3 is 10.4 Å². The number of piperidine rings is 1. The molecule has 1 aliphatic heterocycles. The van der Waals surface area contributed by atoms with Crippen molar-refractivity contribution < 1.29 is 14.7 Å². The summed E-state index contributed by atoms with van der Waals surface area (Å²) >= 11 is 0. The van der Waals surface area contributed by atoms with E-state index in [4.69, 9.17) is 5.11 Å². The summed E-state index contributed by atoms with van der Waals surface area (Å²) < 4.78 is 0. The first-order valence-electron chi connectivity index (χ1n) is 6.09. The number of carboxylic acid groups (broad SMARTS) is 1. The van der Waals surface area contributed by atoms with Crippen molar-refractivity contribution in [1.29, 1.82) is 0 Å². The third kappa shape index (κ3) is 6.11. The molecule has 1 rings (SSSR count). The molecule has 0 saturated carbocycles. The lowest BCUT2D eigenvalue weighted by atomic mass is 10.1. The van der Waals surface area contributed by atoms with Crippen LogP contribution in [0.5, 0.6) is 0 Å². The van der Waals surface area contributed by atoms with Gasteiger partial charge in [-0.1, -0.05) is 13.3 Å². The Bertz CT molecular complexity index is 265. The SMILES string of the molecule is CC(CNC(=O)NN1CCCCC1)CC(=O)O. The Labute approximate surface area is 101 Å². The number of hydrogen-bond acceptors (Lipinski definition) is 3. The number of amides is 2. The number of carbonyl (C=O) groups is 2. The highest BCUT2D eigenvalue weighted by atomic mass is 16.4. The lowest BCUT2D eigenvalue weighted by Crippen LogP contribution is -2.50. The second-order valence-electron chi connectivity index (χ2n) is 4.57. The number of carboxylic acids is 1. The molecule has 98 valence electrons. The molecule has 0 aromatic rings. The van der Waals surface area contributed by atoms with E-state index in [1.54, 1.807) is 6.92 Å². The van der Waals surface area contributed by atoms with Crippen LogP contribution in [-0.2, 0) is 4.79 Å². The minimum absolute atomic E-state index is 0.0559. The Balaban J connectivity index is 2.13. The lowest BCUT2D eigenvalue weighted by molar-refractivity contribution is -0.137. The zero-order chi connectivity index (χ0) is 12.7. The highest BCUT2D eigenvalue weighted by Gasteiger charge is 2.13. The predicted molar refractivity (Wildman–Crippen MR) is 63.4 cm³/mol. The van der Waals surface area contributed by atoms with E-state index in [-0.39, 0.29) is 18.4 Å². The lowest BCUT2D eigenvalue weighted by Gasteiger charge is -2.27. The highest BCUT2D eigenvalue weighted by Crippen LogP contribution is 2.05. The van der Waals surface area contributed by atoms with E-state index in [1.165, 1.54) is 6.42 Å².